The normalized spacial score (nSPS) is 13.5. The third-order valence-corrected chi connectivity index (χ3v) is 7.09. The molecule has 0 amide bonds. The molecule has 0 bridgehead atoms. The van der Waals surface area contributed by atoms with Crippen molar-refractivity contribution in [2.24, 2.45) is 0 Å². The highest BCUT2D eigenvalue weighted by molar-refractivity contribution is 14.1. The molecule has 2 atom stereocenters. The maximum Gasteiger partial charge on any atom is 0.132 e. The van der Waals surface area contributed by atoms with Gasteiger partial charge in [0, 0.05) is 5.41 Å². The molecule has 0 radical (unpaired) electrons. The van der Waals surface area contributed by atoms with E-state index < -0.39 is 12.2 Å². The summed E-state index contributed by atoms with van der Waals surface area (Å²) in [6.07, 6.45) is -1.47. The molecule has 0 spiro atoms. The number of benzene rings is 2. The molecule has 190 valence electrons. The summed E-state index contributed by atoms with van der Waals surface area (Å²) in [5.41, 5.74) is 3.20. The first-order chi connectivity index (χ1) is 16.6. The minimum atomic E-state index is -0.772. The Morgan fingerprint density at radius 1 is 1.03 bits per heavy atom. The van der Waals surface area contributed by atoms with Gasteiger partial charge in [0.05, 0.1) is 28.3 Å². The molecular weight excluding hydrogens is 585 g/mol. The van der Waals surface area contributed by atoms with Gasteiger partial charge in [-0.2, -0.15) is 0 Å². The van der Waals surface area contributed by atoms with Crippen molar-refractivity contribution in [1.29, 1.82) is 0 Å². The first-order valence-corrected chi connectivity index (χ1v) is 12.8. The number of ether oxygens (including phenoxy) is 2. The average molecular weight is 616 g/mol. The van der Waals surface area contributed by atoms with Crippen LogP contribution in [0.15, 0.2) is 42.5 Å². The van der Waals surface area contributed by atoms with Gasteiger partial charge in [-0.05, 0) is 64.9 Å². The summed E-state index contributed by atoms with van der Waals surface area (Å²) in [6, 6.07) is 13.8. The molecule has 0 saturated heterocycles. The second kappa shape index (κ2) is 12.4. The summed E-state index contributed by atoms with van der Waals surface area (Å²) in [7, 11) is 0. The fourth-order valence-corrected chi connectivity index (χ4v) is 4.29. The Hall–Kier alpha value is -1.92. The van der Waals surface area contributed by atoms with E-state index in [0.717, 1.165) is 20.4 Å². The van der Waals surface area contributed by atoms with Crippen LogP contribution in [0.2, 0.25) is 0 Å². The molecule has 35 heavy (non-hydrogen) atoms. The zero-order valence-corrected chi connectivity index (χ0v) is 22.9. The Labute approximate surface area is 224 Å². The van der Waals surface area contributed by atoms with Crippen molar-refractivity contribution in [3.63, 3.8) is 0 Å². The van der Waals surface area contributed by atoms with E-state index in [-0.39, 0.29) is 37.7 Å². The fraction of sp³-hybridized carbons (Fsp3) is 0.440. The molecule has 1 aromatic heterocycles. The Balaban J connectivity index is 1.60. The molecule has 10 heteroatoms. The van der Waals surface area contributed by atoms with Crippen molar-refractivity contribution in [1.82, 2.24) is 15.0 Å². The van der Waals surface area contributed by atoms with Crippen LogP contribution in [0.25, 0.3) is 0 Å². The SMILES string of the molecule is Cc1c(CO)nnn1C[C@@H](O)COc1ccc(C(C)(C)c2ccc(OC[C@H](O)CCl)c(I)c2)cc1. The molecule has 2 aromatic carbocycles. The maximum atomic E-state index is 10.3. The summed E-state index contributed by atoms with van der Waals surface area (Å²) in [5, 5.41) is 37.0. The second-order valence-electron chi connectivity index (χ2n) is 8.84. The average Bonchev–Trinajstić information content (AvgIpc) is 3.20. The van der Waals surface area contributed by atoms with E-state index in [0.29, 0.717) is 17.2 Å². The van der Waals surface area contributed by atoms with Crippen LogP contribution < -0.4 is 9.47 Å². The van der Waals surface area contributed by atoms with Crippen molar-refractivity contribution in [2.75, 3.05) is 19.1 Å². The van der Waals surface area contributed by atoms with E-state index in [4.69, 9.17) is 21.1 Å². The number of rotatable bonds is 12. The van der Waals surface area contributed by atoms with Gasteiger partial charge in [-0.25, -0.2) is 4.68 Å². The lowest BCUT2D eigenvalue weighted by atomic mass is 9.78. The third-order valence-electron chi connectivity index (χ3n) is 5.89. The second-order valence-corrected chi connectivity index (χ2v) is 10.3. The lowest BCUT2D eigenvalue weighted by molar-refractivity contribution is 0.0882. The molecule has 3 rings (SSSR count). The first-order valence-electron chi connectivity index (χ1n) is 11.2. The fourth-order valence-electron chi connectivity index (χ4n) is 3.53. The minimum absolute atomic E-state index is 0.106. The number of nitrogens with zero attached hydrogens (tertiary/aromatic N) is 3. The van der Waals surface area contributed by atoms with Crippen molar-refractivity contribution in [2.45, 2.75) is 51.5 Å². The van der Waals surface area contributed by atoms with Crippen LogP contribution in [-0.2, 0) is 18.6 Å². The topological polar surface area (TPSA) is 110 Å². The van der Waals surface area contributed by atoms with Crippen LogP contribution in [0.5, 0.6) is 11.5 Å². The highest BCUT2D eigenvalue weighted by Crippen LogP contribution is 2.35. The van der Waals surface area contributed by atoms with Crippen LogP contribution >= 0.6 is 34.2 Å². The van der Waals surface area contributed by atoms with Crippen molar-refractivity contribution in [3.05, 3.63) is 68.5 Å². The van der Waals surface area contributed by atoms with Gasteiger partial charge in [0.25, 0.3) is 0 Å². The first kappa shape index (κ1) is 27.7. The number of hydrogen-bond acceptors (Lipinski definition) is 7. The number of hydrogen-bond donors (Lipinski definition) is 3. The van der Waals surface area contributed by atoms with Crippen LogP contribution in [0.3, 0.4) is 0 Å². The van der Waals surface area contributed by atoms with Crippen LogP contribution in [-0.4, -0.2) is 61.6 Å². The van der Waals surface area contributed by atoms with Crippen LogP contribution in [0.4, 0.5) is 0 Å². The van der Waals surface area contributed by atoms with Gasteiger partial charge in [-0.3, -0.25) is 0 Å². The summed E-state index contributed by atoms with van der Waals surface area (Å²) < 4.78 is 14.0. The molecule has 1 heterocycles. The molecule has 0 aliphatic heterocycles. The summed E-state index contributed by atoms with van der Waals surface area (Å²) in [5.74, 6) is 1.50. The van der Waals surface area contributed by atoms with Gasteiger partial charge >= 0.3 is 0 Å². The molecule has 3 N–H and O–H groups in total. The van der Waals surface area contributed by atoms with Crippen LogP contribution in [0, 0.1) is 10.5 Å². The largest absolute Gasteiger partial charge is 0.491 e. The lowest BCUT2D eigenvalue weighted by Gasteiger charge is -2.27. The van der Waals surface area contributed by atoms with E-state index in [1.807, 2.05) is 36.4 Å². The zero-order chi connectivity index (χ0) is 25.6. The maximum absolute atomic E-state index is 10.3. The molecule has 0 saturated carbocycles. The van der Waals surface area contributed by atoms with E-state index in [1.54, 1.807) is 11.6 Å². The van der Waals surface area contributed by atoms with Gasteiger partial charge in [-0.1, -0.05) is 37.3 Å². The van der Waals surface area contributed by atoms with Crippen molar-refractivity contribution < 1.29 is 24.8 Å². The molecule has 8 nitrogen and oxygen atoms in total. The smallest absolute Gasteiger partial charge is 0.132 e. The highest BCUT2D eigenvalue weighted by Gasteiger charge is 2.24. The number of halogens is 2. The Bertz CT molecular complexity index is 1110. The minimum Gasteiger partial charge on any atom is -0.491 e. The highest BCUT2D eigenvalue weighted by atomic mass is 127. The zero-order valence-electron chi connectivity index (χ0n) is 20.0. The number of aliphatic hydroxyl groups is 3. The van der Waals surface area contributed by atoms with Gasteiger partial charge < -0.3 is 24.8 Å². The number of aliphatic hydroxyl groups excluding tert-OH is 3. The van der Waals surface area contributed by atoms with Gasteiger partial charge in [0.1, 0.15) is 42.6 Å². The Morgan fingerprint density at radius 2 is 1.69 bits per heavy atom. The van der Waals surface area contributed by atoms with Gasteiger partial charge in [0.2, 0.25) is 0 Å². The quantitative estimate of drug-likeness (QED) is 0.212. The van der Waals surface area contributed by atoms with Gasteiger partial charge in [0.15, 0.2) is 0 Å². The lowest BCUT2D eigenvalue weighted by Crippen LogP contribution is -2.25. The standard InChI is InChI=1S/C25H31ClIN3O5/c1-16-23(13-31)28-29-30(16)12-20(33)15-34-21-7-4-17(5-8-21)25(2,3)18-6-9-24(22(27)10-18)35-14-19(32)11-26/h4-10,19-20,31-33H,11-15H2,1-3H3/t19-,20-/m1/s1. The number of aromatic nitrogens is 3. The summed E-state index contributed by atoms with van der Waals surface area (Å²) in [6.45, 7) is 6.40. The van der Waals surface area contributed by atoms with Gasteiger partial charge in [-0.15, -0.1) is 16.7 Å². The molecule has 3 aromatic rings. The van der Waals surface area contributed by atoms with Crippen molar-refractivity contribution >= 4 is 34.2 Å². The predicted octanol–water partition coefficient (Wildman–Crippen LogP) is 3.43. The van der Waals surface area contributed by atoms with E-state index in [2.05, 4.69) is 52.8 Å². The van der Waals surface area contributed by atoms with E-state index >= 15 is 0 Å². The van der Waals surface area contributed by atoms with Crippen LogP contribution in [0.1, 0.15) is 36.4 Å². The predicted molar refractivity (Wildman–Crippen MR) is 142 cm³/mol. The molecule has 0 aliphatic rings. The third kappa shape index (κ3) is 7.07. The Morgan fingerprint density at radius 3 is 2.29 bits per heavy atom. The Kier molecular flexibility index (Phi) is 9.77. The summed E-state index contributed by atoms with van der Waals surface area (Å²) >= 11 is 7.87. The molecule has 0 unspecified atom stereocenters. The summed E-state index contributed by atoms with van der Waals surface area (Å²) in [4.78, 5) is 0. The monoisotopic (exact) mass is 615 g/mol. The molecular formula is C25H31ClIN3O5. The van der Waals surface area contributed by atoms with E-state index in [9.17, 15) is 15.3 Å². The number of alkyl halides is 1. The van der Waals surface area contributed by atoms with Crippen molar-refractivity contribution in [3.8, 4) is 11.5 Å². The molecule has 0 aliphatic carbocycles. The van der Waals surface area contributed by atoms with E-state index in [1.165, 1.54) is 0 Å². The molecule has 0 fully saturated rings.